The Morgan fingerprint density at radius 2 is 1.00 bits per heavy atom. The first kappa shape index (κ1) is 21.1. The summed E-state index contributed by atoms with van der Waals surface area (Å²) >= 11 is 10.3. The summed E-state index contributed by atoms with van der Waals surface area (Å²) < 4.78 is 27.4. The van der Waals surface area contributed by atoms with Crippen LogP contribution in [0.5, 0.6) is 0 Å². The minimum absolute atomic E-state index is 0.247. The SMILES string of the molecule is O=C(OCCl)OCCOC(=O)C1(C(=O)OCCOC(=O)OCCl)CC1. The minimum atomic E-state index is -1.37. The van der Waals surface area contributed by atoms with E-state index >= 15 is 0 Å². The summed E-state index contributed by atoms with van der Waals surface area (Å²) in [6.07, 6.45) is -1.46. The molecule has 12 heteroatoms. The summed E-state index contributed by atoms with van der Waals surface area (Å²) in [5.41, 5.74) is -1.37. The van der Waals surface area contributed by atoms with Gasteiger partial charge in [0, 0.05) is 0 Å². The molecule has 1 aliphatic rings. The number of hydrogen-bond acceptors (Lipinski definition) is 10. The zero-order chi connectivity index (χ0) is 18.7. The van der Waals surface area contributed by atoms with Gasteiger partial charge in [-0.05, 0) is 12.8 Å². The van der Waals surface area contributed by atoms with Gasteiger partial charge < -0.3 is 28.4 Å². The van der Waals surface area contributed by atoms with Crippen LogP contribution in [-0.2, 0) is 38.0 Å². The smallest absolute Gasteiger partial charge is 0.461 e. The quantitative estimate of drug-likeness (QED) is 0.174. The van der Waals surface area contributed by atoms with Crippen LogP contribution in [0.3, 0.4) is 0 Å². The third-order valence-electron chi connectivity index (χ3n) is 2.95. The Kier molecular flexibility index (Phi) is 9.14. The maximum atomic E-state index is 11.9. The lowest BCUT2D eigenvalue weighted by Crippen LogP contribution is -2.31. The first-order valence-electron chi connectivity index (χ1n) is 7.01. The average Bonchev–Trinajstić information content (AvgIpc) is 3.37. The fourth-order valence-electron chi connectivity index (χ4n) is 1.58. The van der Waals surface area contributed by atoms with Crippen molar-refractivity contribution in [1.82, 2.24) is 0 Å². The van der Waals surface area contributed by atoms with E-state index < -0.39 is 29.7 Å². The molecule has 1 saturated carbocycles. The summed E-state index contributed by atoms with van der Waals surface area (Å²) in [6.45, 7) is -0.997. The van der Waals surface area contributed by atoms with Gasteiger partial charge >= 0.3 is 24.2 Å². The van der Waals surface area contributed by atoms with Crippen molar-refractivity contribution in [3.8, 4) is 0 Å². The molecule has 0 aromatic carbocycles. The van der Waals surface area contributed by atoms with E-state index in [0.29, 0.717) is 0 Å². The van der Waals surface area contributed by atoms with E-state index in [1.807, 2.05) is 0 Å². The zero-order valence-corrected chi connectivity index (χ0v) is 14.5. The van der Waals surface area contributed by atoms with Gasteiger partial charge in [0.05, 0.1) is 0 Å². The molecule has 0 aromatic rings. The van der Waals surface area contributed by atoms with Crippen LogP contribution in [0.1, 0.15) is 12.8 Å². The number of rotatable bonds is 10. The molecule has 1 rings (SSSR count). The van der Waals surface area contributed by atoms with Crippen molar-refractivity contribution >= 4 is 47.5 Å². The van der Waals surface area contributed by atoms with Crippen molar-refractivity contribution in [2.45, 2.75) is 12.8 Å². The molecular formula is C13H16Cl2O10. The van der Waals surface area contributed by atoms with Crippen LogP contribution in [0.2, 0.25) is 0 Å². The van der Waals surface area contributed by atoms with Crippen LogP contribution in [0, 0.1) is 5.41 Å². The van der Waals surface area contributed by atoms with Gasteiger partial charge in [-0.15, -0.1) is 0 Å². The Balaban J connectivity index is 2.22. The van der Waals surface area contributed by atoms with Gasteiger partial charge in [0.25, 0.3) is 0 Å². The Morgan fingerprint density at radius 3 is 1.32 bits per heavy atom. The van der Waals surface area contributed by atoms with Crippen LogP contribution in [0.15, 0.2) is 0 Å². The standard InChI is InChI=1S/C13H16Cl2O10/c14-7-24-11(18)22-5-3-20-9(16)13(1-2-13)10(17)21-4-6-23-12(19)25-8-15/h1-8H2. The molecule has 0 aliphatic heterocycles. The summed E-state index contributed by atoms with van der Waals surface area (Å²) in [7, 11) is 0. The summed E-state index contributed by atoms with van der Waals surface area (Å²) in [5, 5.41) is 0. The van der Waals surface area contributed by atoms with E-state index in [1.54, 1.807) is 0 Å². The lowest BCUT2D eigenvalue weighted by molar-refractivity contribution is -0.166. The Labute approximate surface area is 152 Å². The van der Waals surface area contributed by atoms with Crippen molar-refractivity contribution in [2.75, 3.05) is 38.6 Å². The average molecular weight is 403 g/mol. The Hall–Kier alpha value is -1.94. The molecule has 0 aromatic heterocycles. The van der Waals surface area contributed by atoms with E-state index in [1.165, 1.54) is 0 Å². The van der Waals surface area contributed by atoms with Crippen molar-refractivity contribution in [3.63, 3.8) is 0 Å². The third kappa shape index (κ3) is 7.22. The fourth-order valence-corrected chi connectivity index (χ4v) is 1.76. The highest BCUT2D eigenvalue weighted by Gasteiger charge is 2.59. The molecule has 0 amide bonds. The molecule has 0 heterocycles. The second-order valence-electron chi connectivity index (χ2n) is 4.56. The first-order valence-corrected chi connectivity index (χ1v) is 8.08. The minimum Gasteiger partial charge on any atom is -0.461 e. The van der Waals surface area contributed by atoms with Gasteiger partial charge in [0.1, 0.15) is 26.4 Å². The number of carbonyl (C=O) groups is 4. The topological polar surface area (TPSA) is 124 Å². The molecule has 0 bridgehead atoms. The molecule has 1 aliphatic carbocycles. The zero-order valence-electron chi connectivity index (χ0n) is 13.0. The van der Waals surface area contributed by atoms with Crippen molar-refractivity contribution < 1.29 is 47.6 Å². The van der Waals surface area contributed by atoms with E-state index in [0.717, 1.165) is 0 Å². The number of ether oxygens (including phenoxy) is 6. The highest BCUT2D eigenvalue weighted by Crippen LogP contribution is 2.47. The fraction of sp³-hybridized carbons (Fsp3) is 0.692. The van der Waals surface area contributed by atoms with E-state index in [4.69, 9.17) is 32.7 Å². The Morgan fingerprint density at radius 1 is 0.640 bits per heavy atom. The van der Waals surface area contributed by atoms with Crippen LogP contribution < -0.4 is 0 Å². The van der Waals surface area contributed by atoms with Gasteiger partial charge in [0.2, 0.25) is 0 Å². The monoisotopic (exact) mass is 402 g/mol. The molecule has 10 nitrogen and oxygen atoms in total. The highest BCUT2D eigenvalue weighted by molar-refractivity contribution is 6.17. The molecule has 1 fully saturated rings. The number of esters is 2. The van der Waals surface area contributed by atoms with Gasteiger partial charge in [0.15, 0.2) is 17.5 Å². The predicted molar refractivity (Wildman–Crippen MR) is 79.9 cm³/mol. The highest BCUT2D eigenvalue weighted by atomic mass is 35.5. The van der Waals surface area contributed by atoms with Crippen LogP contribution in [0.25, 0.3) is 0 Å². The third-order valence-corrected chi connectivity index (χ3v) is 3.17. The van der Waals surface area contributed by atoms with E-state index in [2.05, 4.69) is 18.9 Å². The predicted octanol–water partition coefficient (Wildman–Crippen LogP) is 1.55. The van der Waals surface area contributed by atoms with Gasteiger partial charge in [-0.2, -0.15) is 0 Å². The number of hydrogen-bond donors (Lipinski definition) is 0. The molecular weight excluding hydrogens is 387 g/mol. The number of carbonyl (C=O) groups excluding carboxylic acids is 4. The van der Waals surface area contributed by atoms with Crippen molar-refractivity contribution in [2.24, 2.45) is 5.41 Å². The number of alkyl halides is 2. The van der Waals surface area contributed by atoms with Crippen LogP contribution in [0.4, 0.5) is 9.59 Å². The van der Waals surface area contributed by atoms with E-state index in [9.17, 15) is 19.2 Å². The Bertz CT molecular complexity index is 451. The molecule has 0 spiro atoms. The largest absolute Gasteiger partial charge is 0.509 e. The number of halogens is 2. The summed E-state index contributed by atoms with van der Waals surface area (Å²) in [5.74, 6) is -1.57. The molecule has 25 heavy (non-hydrogen) atoms. The van der Waals surface area contributed by atoms with Gasteiger partial charge in [-0.1, -0.05) is 23.2 Å². The first-order chi connectivity index (χ1) is 12.0. The molecule has 142 valence electrons. The van der Waals surface area contributed by atoms with Crippen LogP contribution in [-0.4, -0.2) is 62.8 Å². The van der Waals surface area contributed by atoms with Crippen LogP contribution >= 0.6 is 23.2 Å². The molecule has 0 atom stereocenters. The lowest BCUT2D eigenvalue weighted by atomic mass is 10.1. The molecule has 0 N–H and O–H groups in total. The van der Waals surface area contributed by atoms with Gasteiger partial charge in [-0.3, -0.25) is 9.59 Å². The second-order valence-corrected chi connectivity index (χ2v) is 4.99. The second kappa shape index (κ2) is 10.8. The van der Waals surface area contributed by atoms with Crippen molar-refractivity contribution in [3.05, 3.63) is 0 Å². The maximum absolute atomic E-state index is 11.9. The molecule has 0 saturated heterocycles. The summed E-state index contributed by atoms with van der Waals surface area (Å²) in [6, 6.07) is -0.720. The summed E-state index contributed by atoms with van der Waals surface area (Å²) in [4.78, 5) is 45.5. The van der Waals surface area contributed by atoms with Crippen molar-refractivity contribution in [1.29, 1.82) is 0 Å². The maximum Gasteiger partial charge on any atom is 0.509 e. The van der Waals surface area contributed by atoms with E-state index in [-0.39, 0.29) is 51.4 Å². The lowest BCUT2D eigenvalue weighted by Gasteiger charge is -2.14. The molecule has 0 radical (unpaired) electrons. The normalized spacial score (nSPS) is 14.0. The van der Waals surface area contributed by atoms with Gasteiger partial charge in [-0.25, -0.2) is 9.59 Å². The molecule has 0 unspecified atom stereocenters.